The fraction of sp³-hybridized carbons (Fsp3) is 0.581. The first-order chi connectivity index (χ1) is 17.5. The number of hydrogen-bond donors (Lipinski definition) is 0. The van der Waals surface area contributed by atoms with Gasteiger partial charge in [0.05, 0.1) is 0 Å². The number of amides is 1. The first kappa shape index (κ1) is 25.7. The van der Waals surface area contributed by atoms with Gasteiger partial charge < -0.3 is 14.4 Å². The second-order valence-corrected chi connectivity index (χ2v) is 12.7. The number of Topliss-reactive ketones (excluding diaryl/α,β-unsaturated/α-hetero) is 2. The Labute approximate surface area is 220 Å². The van der Waals surface area contributed by atoms with Crippen LogP contribution in [0.4, 0.5) is 0 Å². The Morgan fingerprint density at radius 1 is 0.892 bits per heavy atom. The van der Waals surface area contributed by atoms with Crippen LogP contribution in [0.1, 0.15) is 90.5 Å². The van der Waals surface area contributed by atoms with Gasteiger partial charge in [-0.15, -0.1) is 0 Å². The molecule has 6 heteroatoms. The average molecular weight is 506 g/mol. The van der Waals surface area contributed by atoms with Gasteiger partial charge in [-0.25, -0.2) is 0 Å². The molecule has 5 rings (SSSR count). The van der Waals surface area contributed by atoms with Crippen LogP contribution < -0.4 is 4.74 Å². The molecule has 6 nitrogen and oxygen atoms in total. The predicted octanol–water partition coefficient (Wildman–Crippen LogP) is 5.87. The minimum absolute atomic E-state index is 0.00254. The molecule has 2 aliphatic carbocycles. The highest BCUT2D eigenvalue weighted by molar-refractivity contribution is 6.06. The molecule has 0 spiro atoms. The van der Waals surface area contributed by atoms with Gasteiger partial charge >= 0.3 is 0 Å². The van der Waals surface area contributed by atoms with Crippen LogP contribution in [0.5, 0.6) is 5.75 Å². The van der Waals surface area contributed by atoms with E-state index in [4.69, 9.17) is 9.47 Å². The summed E-state index contributed by atoms with van der Waals surface area (Å²) in [5.74, 6) is 1.62. The van der Waals surface area contributed by atoms with Crippen molar-refractivity contribution in [3.8, 4) is 5.75 Å². The normalized spacial score (nSPS) is 23.7. The highest BCUT2D eigenvalue weighted by Crippen LogP contribution is 2.53. The zero-order valence-corrected chi connectivity index (χ0v) is 22.7. The fourth-order valence-corrected chi connectivity index (χ4v) is 6.35. The lowest BCUT2D eigenvalue weighted by atomic mass is 9.65. The van der Waals surface area contributed by atoms with Crippen LogP contribution in [0, 0.1) is 10.8 Å². The van der Waals surface area contributed by atoms with E-state index in [2.05, 4.69) is 27.7 Å². The van der Waals surface area contributed by atoms with Crippen molar-refractivity contribution in [3.63, 3.8) is 0 Å². The Bertz CT molecular complexity index is 1130. The highest BCUT2D eigenvalue weighted by atomic mass is 16.5. The van der Waals surface area contributed by atoms with Gasteiger partial charge in [0.2, 0.25) is 0 Å². The van der Waals surface area contributed by atoms with Gasteiger partial charge in [0.15, 0.2) is 18.2 Å². The Kier molecular flexibility index (Phi) is 6.80. The molecule has 1 aromatic rings. The van der Waals surface area contributed by atoms with Gasteiger partial charge in [-0.1, -0.05) is 52.7 Å². The number of carbonyl (C=O) groups is 3. The summed E-state index contributed by atoms with van der Waals surface area (Å²) in [7, 11) is 0. The van der Waals surface area contributed by atoms with E-state index in [1.165, 1.54) is 12.8 Å². The number of nitrogens with zero attached hydrogens (tertiary/aromatic N) is 1. The van der Waals surface area contributed by atoms with Crippen molar-refractivity contribution < 1.29 is 23.9 Å². The summed E-state index contributed by atoms with van der Waals surface area (Å²) >= 11 is 0. The molecule has 1 amide bonds. The number of likely N-dealkylation sites (tertiary alicyclic amines) is 1. The number of hydrogen-bond acceptors (Lipinski definition) is 5. The van der Waals surface area contributed by atoms with Crippen LogP contribution in [-0.2, 0) is 19.1 Å². The maximum atomic E-state index is 13.5. The molecule has 37 heavy (non-hydrogen) atoms. The predicted molar refractivity (Wildman–Crippen MR) is 141 cm³/mol. The third-order valence-corrected chi connectivity index (χ3v) is 8.09. The first-order valence-electron chi connectivity index (χ1n) is 13.7. The molecule has 0 N–H and O–H groups in total. The number of rotatable bonds is 4. The van der Waals surface area contributed by atoms with Crippen LogP contribution in [0.15, 0.2) is 46.9 Å². The largest absolute Gasteiger partial charge is 0.484 e. The van der Waals surface area contributed by atoms with Crippen LogP contribution in [-0.4, -0.2) is 42.1 Å². The van der Waals surface area contributed by atoms with Gasteiger partial charge in [0, 0.05) is 55.8 Å². The molecule has 1 fully saturated rings. The molecule has 1 aromatic carbocycles. The maximum absolute atomic E-state index is 13.5. The number of carbonyl (C=O) groups excluding carboxylic acids is 3. The van der Waals surface area contributed by atoms with Crippen LogP contribution in [0.2, 0.25) is 0 Å². The highest BCUT2D eigenvalue weighted by Gasteiger charge is 2.47. The molecule has 0 unspecified atom stereocenters. The minimum Gasteiger partial charge on any atom is -0.484 e. The van der Waals surface area contributed by atoms with E-state index in [1.807, 2.05) is 29.2 Å². The molecular formula is C31H39NO5. The topological polar surface area (TPSA) is 72.9 Å². The number of ether oxygens (including phenoxy) is 2. The van der Waals surface area contributed by atoms with Crippen molar-refractivity contribution in [3.05, 3.63) is 52.5 Å². The van der Waals surface area contributed by atoms with E-state index in [0.717, 1.165) is 31.5 Å². The summed E-state index contributed by atoms with van der Waals surface area (Å²) in [5.41, 5.74) is 1.69. The molecular weight excluding hydrogens is 466 g/mol. The van der Waals surface area contributed by atoms with E-state index in [9.17, 15) is 14.4 Å². The fourth-order valence-electron chi connectivity index (χ4n) is 6.35. The quantitative estimate of drug-likeness (QED) is 0.512. The summed E-state index contributed by atoms with van der Waals surface area (Å²) in [4.78, 5) is 41.6. The zero-order chi connectivity index (χ0) is 26.4. The standard InChI is InChI=1S/C31H39NO5/c1-30(2)15-22(33)28-24(17-30)37-25-18-31(3,4)16-23(34)29(25)27(28)20-10-9-11-21(14-20)36-19-26(35)32-12-7-5-6-8-13-32/h9-11,14,27H,5-8,12-13,15-19H2,1-4H3. The van der Waals surface area contributed by atoms with Gasteiger partial charge in [0.1, 0.15) is 17.3 Å². The van der Waals surface area contributed by atoms with E-state index in [1.54, 1.807) is 0 Å². The Hall–Kier alpha value is -2.89. The van der Waals surface area contributed by atoms with Gasteiger partial charge in [-0.3, -0.25) is 14.4 Å². The minimum atomic E-state index is -0.462. The molecule has 4 aliphatic rings. The molecule has 198 valence electrons. The van der Waals surface area contributed by atoms with Crippen LogP contribution in [0.25, 0.3) is 0 Å². The molecule has 1 saturated heterocycles. The van der Waals surface area contributed by atoms with Crippen molar-refractivity contribution in [1.29, 1.82) is 0 Å². The van der Waals surface area contributed by atoms with Crippen molar-refractivity contribution in [2.24, 2.45) is 10.8 Å². The van der Waals surface area contributed by atoms with Crippen molar-refractivity contribution in [2.45, 2.75) is 85.0 Å². The van der Waals surface area contributed by atoms with Crippen molar-refractivity contribution >= 4 is 17.5 Å². The van der Waals surface area contributed by atoms with Crippen LogP contribution in [0.3, 0.4) is 0 Å². The summed E-state index contributed by atoms with van der Waals surface area (Å²) in [5, 5.41) is 0. The van der Waals surface area contributed by atoms with Crippen molar-refractivity contribution in [2.75, 3.05) is 19.7 Å². The van der Waals surface area contributed by atoms with Gasteiger partial charge in [-0.05, 0) is 41.4 Å². The van der Waals surface area contributed by atoms with E-state index >= 15 is 0 Å². The van der Waals surface area contributed by atoms with E-state index in [0.29, 0.717) is 54.1 Å². The third kappa shape index (κ3) is 5.39. The summed E-state index contributed by atoms with van der Waals surface area (Å²) in [6.07, 6.45) is 6.58. The SMILES string of the molecule is CC1(C)CC(=O)C2=C(C1)OC1=C(C(=O)CC(C)(C)C1)C2c1cccc(OCC(=O)N2CCCCCC2)c1. The lowest BCUT2D eigenvalue weighted by Crippen LogP contribution is -2.37. The molecule has 2 heterocycles. The molecule has 0 saturated carbocycles. The lowest BCUT2D eigenvalue weighted by Gasteiger charge is -2.42. The Balaban J connectivity index is 1.46. The lowest BCUT2D eigenvalue weighted by molar-refractivity contribution is -0.133. The van der Waals surface area contributed by atoms with Crippen molar-refractivity contribution in [1.82, 2.24) is 4.90 Å². The number of ketones is 2. The molecule has 2 aliphatic heterocycles. The average Bonchev–Trinajstić information content (AvgIpc) is 3.09. The number of allylic oxidation sites excluding steroid dienone is 4. The molecule has 0 radical (unpaired) electrons. The third-order valence-electron chi connectivity index (χ3n) is 8.09. The monoisotopic (exact) mass is 505 g/mol. The number of benzene rings is 1. The summed E-state index contributed by atoms with van der Waals surface area (Å²) < 4.78 is 12.3. The summed E-state index contributed by atoms with van der Waals surface area (Å²) in [6.45, 7) is 9.90. The van der Waals surface area contributed by atoms with E-state index in [-0.39, 0.29) is 34.9 Å². The van der Waals surface area contributed by atoms with E-state index < -0.39 is 5.92 Å². The second kappa shape index (κ2) is 9.77. The Morgan fingerprint density at radius 3 is 2.03 bits per heavy atom. The Morgan fingerprint density at radius 2 is 1.46 bits per heavy atom. The molecule has 0 aromatic heterocycles. The van der Waals surface area contributed by atoms with Gasteiger partial charge in [-0.2, -0.15) is 0 Å². The second-order valence-electron chi connectivity index (χ2n) is 12.7. The molecule has 0 bridgehead atoms. The first-order valence-corrected chi connectivity index (χ1v) is 13.7. The smallest absolute Gasteiger partial charge is 0.260 e. The summed E-state index contributed by atoms with van der Waals surface area (Å²) in [6, 6.07) is 7.56. The molecule has 0 atom stereocenters. The van der Waals surface area contributed by atoms with Crippen LogP contribution >= 0.6 is 0 Å². The zero-order valence-electron chi connectivity index (χ0n) is 22.7. The maximum Gasteiger partial charge on any atom is 0.260 e. The van der Waals surface area contributed by atoms with Gasteiger partial charge in [0.25, 0.3) is 5.91 Å².